The number of anilines is 1. The van der Waals surface area contributed by atoms with E-state index in [1.807, 2.05) is 0 Å². The van der Waals surface area contributed by atoms with Crippen molar-refractivity contribution >= 4 is 56.6 Å². The third-order valence-corrected chi connectivity index (χ3v) is 4.80. The predicted octanol–water partition coefficient (Wildman–Crippen LogP) is 4.40. The number of aryl methyl sites for hydroxylation is 1. The topological polar surface area (TPSA) is 88.9 Å². The number of rotatable bonds is 4. The van der Waals surface area contributed by atoms with E-state index in [9.17, 15) is 14.0 Å². The summed E-state index contributed by atoms with van der Waals surface area (Å²) in [6, 6.07) is 5.58. The molecule has 29 heavy (non-hydrogen) atoms. The Balaban J connectivity index is 2.05. The molecule has 3 aromatic rings. The Bertz CT molecular complexity index is 1140. The van der Waals surface area contributed by atoms with Crippen LogP contribution in [-0.4, -0.2) is 33.6 Å². The molecule has 0 aliphatic heterocycles. The number of aromatic nitrogens is 3. The second-order valence-electron chi connectivity index (χ2n) is 5.90. The minimum Gasteiger partial charge on any atom is -0.355 e. The van der Waals surface area contributed by atoms with Crippen molar-refractivity contribution in [1.29, 1.82) is 0 Å². The van der Waals surface area contributed by atoms with E-state index in [0.29, 0.717) is 20.9 Å². The molecular weight excluding hydrogens is 488 g/mol. The Morgan fingerprint density at radius 2 is 1.90 bits per heavy atom. The van der Waals surface area contributed by atoms with Crippen molar-refractivity contribution in [2.45, 2.75) is 6.92 Å². The third kappa shape index (κ3) is 4.42. The van der Waals surface area contributed by atoms with Crippen LogP contribution in [0.3, 0.4) is 0 Å². The van der Waals surface area contributed by atoms with Crippen molar-refractivity contribution in [3.05, 3.63) is 67.7 Å². The first-order valence-electron chi connectivity index (χ1n) is 8.11. The number of hydrogen-bond donors (Lipinski definition) is 2. The van der Waals surface area contributed by atoms with Gasteiger partial charge < -0.3 is 10.6 Å². The number of pyridine rings is 1. The lowest BCUT2D eigenvalue weighted by atomic mass is 10.1. The molecule has 2 amide bonds. The van der Waals surface area contributed by atoms with E-state index in [1.165, 1.54) is 23.9 Å². The summed E-state index contributed by atoms with van der Waals surface area (Å²) in [5, 5.41) is 9.69. The van der Waals surface area contributed by atoms with Crippen LogP contribution in [0.2, 0.25) is 10.0 Å². The molecule has 0 spiro atoms. The van der Waals surface area contributed by atoms with E-state index < -0.39 is 17.6 Å². The molecule has 11 heteroatoms. The van der Waals surface area contributed by atoms with Gasteiger partial charge in [0.25, 0.3) is 11.8 Å². The largest absolute Gasteiger partial charge is 0.355 e. The van der Waals surface area contributed by atoms with Crippen LogP contribution in [0.1, 0.15) is 26.4 Å². The number of carbonyl (C=O) groups excluding carboxylic acids is 2. The molecule has 0 atom stereocenters. The number of halogens is 4. The summed E-state index contributed by atoms with van der Waals surface area (Å²) >= 11 is 15.3. The highest BCUT2D eigenvalue weighted by Gasteiger charge is 2.22. The fraction of sp³-hybridized carbons (Fsp3) is 0.111. The molecule has 0 bridgehead atoms. The lowest BCUT2D eigenvalue weighted by Crippen LogP contribution is -2.23. The summed E-state index contributed by atoms with van der Waals surface area (Å²) in [4.78, 5) is 29.1. The second kappa shape index (κ2) is 8.48. The van der Waals surface area contributed by atoms with Gasteiger partial charge in [0.1, 0.15) is 16.1 Å². The second-order valence-corrected chi connectivity index (χ2v) is 7.56. The van der Waals surface area contributed by atoms with Gasteiger partial charge in [-0.05, 0) is 46.6 Å². The molecule has 0 radical (unpaired) electrons. The SMILES string of the molecule is CNC(=O)c1cc(Cl)cc(C)c1NC(=O)c1cc(Br)nn1-c1ncc(F)cc1Cl. The van der Waals surface area contributed by atoms with E-state index in [0.717, 1.165) is 12.3 Å². The maximum atomic E-state index is 13.3. The first kappa shape index (κ1) is 21.2. The first-order valence-corrected chi connectivity index (χ1v) is 9.66. The van der Waals surface area contributed by atoms with Gasteiger partial charge in [-0.1, -0.05) is 23.2 Å². The van der Waals surface area contributed by atoms with Crippen LogP contribution >= 0.6 is 39.1 Å². The van der Waals surface area contributed by atoms with Gasteiger partial charge in [-0.3, -0.25) is 9.59 Å². The number of nitrogens with one attached hydrogen (secondary N) is 2. The molecule has 2 N–H and O–H groups in total. The van der Waals surface area contributed by atoms with Gasteiger partial charge in [0.2, 0.25) is 0 Å². The summed E-state index contributed by atoms with van der Waals surface area (Å²) in [6.07, 6.45) is 0.964. The van der Waals surface area contributed by atoms with E-state index in [2.05, 4.69) is 36.6 Å². The lowest BCUT2D eigenvalue weighted by Gasteiger charge is -2.14. The van der Waals surface area contributed by atoms with Crippen LogP contribution in [-0.2, 0) is 0 Å². The van der Waals surface area contributed by atoms with Gasteiger partial charge in [-0.15, -0.1) is 0 Å². The van der Waals surface area contributed by atoms with Crippen molar-refractivity contribution in [3.63, 3.8) is 0 Å². The molecule has 1 aromatic carbocycles. The fourth-order valence-electron chi connectivity index (χ4n) is 2.64. The Labute approximate surface area is 183 Å². The van der Waals surface area contributed by atoms with E-state index in [-0.39, 0.29) is 22.1 Å². The predicted molar refractivity (Wildman–Crippen MR) is 112 cm³/mol. The van der Waals surface area contributed by atoms with E-state index >= 15 is 0 Å². The molecule has 0 aliphatic rings. The van der Waals surface area contributed by atoms with Crippen molar-refractivity contribution in [1.82, 2.24) is 20.1 Å². The molecule has 7 nitrogen and oxygen atoms in total. The Morgan fingerprint density at radius 1 is 1.17 bits per heavy atom. The highest BCUT2D eigenvalue weighted by Crippen LogP contribution is 2.27. The van der Waals surface area contributed by atoms with Crippen molar-refractivity contribution in [2.24, 2.45) is 0 Å². The summed E-state index contributed by atoms with van der Waals surface area (Å²) in [5.41, 5.74) is 1.15. The molecule has 0 saturated carbocycles. The number of hydrogen-bond acceptors (Lipinski definition) is 4. The van der Waals surface area contributed by atoms with Gasteiger partial charge >= 0.3 is 0 Å². The van der Waals surface area contributed by atoms with E-state index in [4.69, 9.17) is 23.2 Å². The third-order valence-electron chi connectivity index (χ3n) is 3.91. The highest BCUT2D eigenvalue weighted by molar-refractivity contribution is 9.10. The van der Waals surface area contributed by atoms with Crippen LogP contribution in [0, 0.1) is 12.7 Å². The molecule has 2 aromatic heterocycles. The van der Waals surface area contributed by atoms with Crippen LogP contribution in [0.15, 0.2) is 35.1 Å². The Morgan fingerprint density at radius 3 is 2.55 bits per heavy atom. The molecule has 0 unspecified atom stereocenters. The van der Waals surface area contributed by atoms with Crippen LogP contribution in [0.4, 0.5) is 10.1 Å². The van der Waals surface area contributed by atoms with Crippen LogP contribution in [0.25, 0.3) is 5.82 Å². The van der Waals surface area contributed by atoms with Gasteiger partial charge in [-0.2, -0.15) is 5.10 Å². The van der Waals surface area contributed by atoms with Gasteiger partial charge in [0, 0.05) is 18.1 Å². The Hall–Kier alpha value is -2.49. The van der Waals surface area contributed by atoms with Gasteiger partial charge in [0.05, 0.1) is 22.5 Å². The monoisotopic (exact) mass is 499 g/mol. The zero-order valence-corrected chi connectivity index (χ0v) is 18.2. The van der Waals surface area contributed by atoms with E-state index in [1.54, 1.807) is 13.0 Å². The molecular formula is C18H13BrCl2FN5O2. The standard InChI is InChI=1S/C18H13BrCl2FN5O2/c1-8-3-9(20)4-11(17(28)23-2)15(8)25-18(29)13-6-14(19)26-27(13)16-12(21)5-10(22)7-24-16/h3-7H,1-2H3,(H,23,28)(H,25,29). The van der Waals surface area contributed by atoms with Crippen molar-refractivity contribution in [3.8, 4) is 5.82 Å². The van der Waals surface area contributed by atoms with Crippen LogP contribution in [0.5, 0.6) is 0 Å². The average Bonchev–Trinajstić information content (AvgIpc) is 3.04. The molecule has 150 valence electrons. The summed E-state index contributed by atoms with van der Waals surface area (Å²) in [6.45, 7) is 1.71. The number of carbonyl (C=O) groups is 2. The average molecular weight is 501 g/mol. The van der Waals surface area contributed by atoms with Gasteiger partial charge in [-0.25, -0.2) is 14.1 Å². The maximum absolute atomic E-state index is 13.3. The fourth-order valence-corrected chi connectivity index (χ4v) is 3.52. The molecule has 2 heterocycles. The Kier molecular flexibility index (Phi) is 6.21. The van der Waals surface area contributed by atoms with Crippen LogP contribution < -0.4 is 10.6 Å². The highest BCUT2D eigenvalue weighted by atomic mass is 79.9. The normalized spacial score (nSPS) is 10.7. The molecule has 3 rings (SSSR count). The smallest absolute Gasteiger partial charge is 0.274 e. The van der Waals surface area contributed by atoms with Crippen molar-refractivity contribution in [2.75, 3.05) is 12.4 Å². The quantitative estimate of drug-likeness (QED) is 0.555. The zero-order chi connectivity index (χ0) is 21.3. The number of benzene rings is 1. The molecule has 0 aliphatic carbocycles. The summed E-state index contributed by atoms with van der Waals surface area (Å²) in [7, 11) is 1.47. The summed E-state index contributed by atoms with van der Waals surface area (Å²) < 4.78 is 14.8. The first-order chi connectivity index (χ1) is 13.7. The minimum absolute atomic E-state index is 0.0247. The minimum atomic E-state index is -0.622. The number of amides is 2. The van der Waals surface area contributed by atoms with Crippen molar-refractivity contribution < 1.29 is 14.0 Å². The lowest BCUT2D eigenvalue weighted by molar-refractivity contribution is 0.0964. The maximum Gasteiger partial charge on any atom is 0.274 e. The summed E-state index contributed by atoms with van der Waals surface area (Å²) in [5.74, 6) is -1.55. The molecule has 0 fully saturated rings. The number of nitrogens with zero attached hydrogens (tertiary/aromatic N) is 3. The molecule has 0 saturated heterocycles. The van der Waals surface area contributed by atoms with Gasteiger partial charge in [0.15, 0.2) is 5.82 Å². The zero-order valence-electron chi connectivity index (χ0n) is 15.1.